The first-order valence-electron chi connectivity index (χ1n) is 10.8. The molecule has 0 atom stereocenters. The molecule has 7 nitrogen and oxygen atoms in total. The summed E-state index contributed by atoms with van der Waals surface area (Å²) in [5.74, 6) is 0.0653. The Bertz CT molecular complexity index is 1180. The van der Waals surface area contributed by atoms with Crippen molar-refractivity contribution in [3.8, 4) is 11.3 Å². The molecule has 0 saturated heterocycles. The molecule has 0 aliphatic heterocycles. The summed E-state index contributed by atoms with van der Waals surface area (Å²) in [5.41, 5.74) is 3.33. The maximum Gasteiger partial charge on any atom is 0.245 e. The fraction of sp³-hybridized carbons (Fsp3) is 0.455. The number of nitrogens with one attached hydrogen (secondary N) is 2. The van der Waals surface area contributed by atoms with Gasteiger partial charge in [-0.3, -0.25) is 0 Å². The molecule has 172 valence electrons. The molecule has 32 heavy (non-hydrogen) atoms. The van der Waals surface area contributed by atoms with E-state index in [0.29, 0.717) is 18.0 Å². The number of anilines is 1. The maximum atomic E-state index is 13.8. The summed E-state index contributed by atoms with van der Waals surface area (Å²) in [6, 6.07) is 4.97. The van der Waals surface area contributed by atoms with E-state index in [2.05, 4.69) is 15.2 Å². The standard InChI is InChI=1S/C22H27FN4O3S2/c1-14-21(15(2)30-27-14)32(28,29)25-12-5-3-4-11-24-22-26-20-18-13-17(23)10-9-16(18)7-6-8-19(20)31-22/h9-10,13,25H,3-8,11-12H2,1-2H3,(H,24,26). The molecule has 0 amide bonds. The van der Waals surface area contributed by atoms with Gasteiger partial charge in [-0.2, -0.15) is 0 Å². The van der Waals surface area contributed by atoms with Gasteiger partial charge in [0.05, 0.1) is 5.69 Å². The molecule has 0 fully saturated rings. The van der Waals surface area contributed by atoms with Gasteiger partial charge in [-0.05, 0) is 63.6 Å². The fourth-order valence-electron chi connectivity index (χ4n) is 3.99. The minimum Gasteiger partial charge on any atom is -0.361 e. The number of halogens is 1. The lowest BCUT2D eigenvalue weighted by molar-refractivity contribution is 0.390. The zero-order chi connectivity index (χ0) is 22.7. The number of rotatable bonds is 9. The number of hydrogen-bond acceptors (Lipinski definition) is 7. The topological polar surface area (TPSA) is 97.1 Å². The molecule has 2 heterocycles. The van der Waals surface area contributed by atoms with Crippen molar-refractivity contribution in [2.24, 2.45) is 0 Å². The van der Waals surface area contributed by atoms with Crippen LogP contribution in [0.15, 0.2) is 27.6 Å². The molecule has 0 unspecified atom stereocenters. The second kappa shape index (κ2) is 9.68. The Balaban J connectivity index is 1.24. The number of aromatic nitrogens is 2. The molecule has 0 radical (unpaired) electrons. The first-order valence-corrected chi connectivity index (χ1v) is 13.1. The quantitative estimate of drug-likeness (QED) is 0.436. The van der Waals surface area contributed by atoms with E-state index >= 15 is 0 Å². The fourth-order valence-corrected chi connectivity index (χ4v) is 6.44. The van der Waals surface area contributed by atoms with E-state index in [-0.39, 0.29) is 10.7 Å². The van der Waals surface area contributed by atoms with Gasteiger partial charge in [0.2, 0.25) is 10.0 Å². The Labute approximate surface area is 191 Å². The van der Waals surface area contributed by atoms with Gasteiger partial charge < -0.3 is 9.84 Å². The van der Waals surface area contributed by atoms with Gasteiger partial charge in [0.15, 0.2) is 10.9 Å². The van der Waals surface area contributed by atoms with Crippen molar-refractivity contribution >= 4 is 26.5 Å². The first-order chi connectivity index (χ1) is 15.3. The Morgan fingerprint density at radius 1 is 1.16 bits per heavy atom. The Kier molecular flexibility index (Phi) is 6.92. The zero-order valence-electron chi connectivity index (χ0n) is 18.2. The number of nitrogens with zero attached hydrogens (tertiary/aromatic N) is 2. The van der Waals surface area contributed by atoms with Crippen LogP contribution in [0.3, 0.4) is 0 Å². The summed E-state index contributed by atoms with van der Waals surface area (Å²) in [5, 5.41) is 7.92. The Hall–Kier alpha value is -2.30. The van der Waals surface area contributed by atoms with Crippen molar-refractivity contribution < 1.29 is 17.3 Å². The van der Waals surface area contributed by atoms with Crippen molar-refractivity contribution in [3.63, 3.8) is 0 Å². The highest BCUT2D eigenvalue weighted by Gasteiger charge is 2.23. The smallest absolute Gasteiger partial charge is 0.245 e. The summed E-state index contributed by atoms with van der Waals surface area (Å²) >= 11 is 1.64. The van der Waals surface area contributed by atoms with Gasteiger partial charge >= 0.3 is 0 Å². The number of benzene rings is 1. The van der Waals surface area contributed by atoms with Crippen LogP contribution >= 0.6 is 11.3 Å². The van der Waals surface area contributed by atoms with Crippen molar-refractivity contribution in [2.75, 3.05) is 18.4 Å². The average Bonchev–Trinajstić information content (AvgIpc) is 3.26. The van der Waals surface area contributed by atoms with Gasteiger partial charge in [-0.15, -0.1) is 11.3 Å². The minimum absolute atomic E-state index is 0.129. The van der Waals surface area contributed by atoms with Crippen LogP contribution in [0.25, 0.3) is 11.3 Å². The minimum atomic E-state index is -3.60. The molecule has 0 spiro atoms. The highest BCUT2D eigenvalue weighted by molar-refractivity contribution is 7.89. The van der Waals surface area contributed by atoms with Crippen LogP contribution in [0, 0.1) is 19.7 Å². The van der Waals surface area contributed by atoms with Crippen LogP contribution in [0.1, 0.15) is 47.6 Å². The Morgan fingerprint density at radius 3 is 2.75 bits per heavy atom. The van der Waals surface area contributed by atoms with E-state index in [1.165, 1.54) is 10.9 Å². The van der Waals surface area contributed by atoms with E-state index in [9.17, 15) is 12.8 Å². The van der Waals surface area contributed by atoms with Crippen molar-refractivity contribution in [2.45, 2.75) is 57.3 Å². The van der Waals surface area contributed by atoms with Gasteiger partial charge in [0.25, 0.3) is 0 Å². The van der Waals surface area contributed by atoms with Crippen LogP contribution in [-0.2, 0) is 22.9 Å². The van der Waals surface area contributed by atoms with E-state index < -0.39 is 10.0 Å². The second-order valence-electron chi connectivity index (χ2n) is 7.98. The van der Waals surface area contributed by atoms with Crippen molar-refractivity contribution in [3.05, 3.63) is 45.9 Å². The number of unbranched alkanes of at least 4 members (excludes halogenated alkanes) is 2. The largest absolute Gasteiger partial charge is 0.361 e. The van der Waals surface area contributed by atoms with Gasteiger partial charge in [-0.25, -0.2) is 22.5 Å². The van der Waals surface area contributed by atoms with Crippen molar-refractivity contribution in [1.29, 1.82) is 0 Å². The van der Waals surface area contributed by atoms with E-state index in [4.69, 9.17) is 9.51 Å². The van der Waals surface area contributed by atoms with Gasteiger partial charge in [0.1, 0.15) is 16.4 Å². The van der Waals surface area contributed by atoms with Gasteiger partial charge in [-0.1, -0.05) is 17.6 Å². The second-order valence-corrected chi connectivity index (χ2v) is 10.8. The molecular weight excluding hydrogens is 451 g/mol. The maximum absolute atomic E-state index is 13.8. The zero-order valence-corrected chi connectivity index (χ0v) is 19.8. The third kappa shape index (κ3) is 5.02. The third-order valence-corrected chi connectivity index (χ3v) is 8.31. The summed E-state index contributed by atoms with van der Waals surface area (Å²) in [6.45, 7) is 4.32. The van der Waals surface area contributed by atoms with Crippen LogP contribution in [-0.4, -0.2) is 31.6 Å². The molecule has 2 N–H and O–H groups in total. The van der Waals surface area contributed by atoms with E-state index in [0.717, 1.165) is 67.0 Å². The first kappa shape index (κ1) is 22.9. The Morgan fingerprint density at radius 2 is 1.97 bits per heavy atom. The summed E-state index contributed by atoms with van der Waals surface area (Å²) in [4.78, 5) is 6.07. The monoisotopic (exact) mass is 478 g/mol. The molecule has 0 bridgehead atoms. The summed E-state index contributed by atoms with van der Waals surface area (Å²) < 4.78 is 46.1. The van der Waals surface area contributed by atoms with E-state index in [1.807, 2.05) is 6.07 Å². The lowest BCUT2D eigenvalue weighted by atomic mass is 10.0. The number of hydrogen-bond donors (Lipinski definition) is 2. The molecule has 10 heteroatoms. The highest BCUT2D eigenvalue weighted by Crippen LogP contribution is 2.37. The van der Waals surface area contributed by atoms with Gasteiger partial charge in [0, 0.05) is 23.5 Å². The lowest BCUT2D eigenvalue weighted by Crippen LogP contribution is -2.25. The summed E-state index contributed by atoms with van der Waals surface area (Å²) in [7, 11) is -3.60. The highest BCUT2D eigenvalue weighted by atomic mass is 32.2. The van der Waals surface area contributed by atoms with Crippen LogP contribution in [0.2, 0.25) is 0 Å². The van der Waals surface area contributed by atoms with E-state index in [1.54, 1.807) is 31.3 Å². The predicted octanol–water partition coefficient (Wildman–Crippen LogP) is 4.60. The average molecular weight is 479 g/mol. The number of fused-ring (bicyclic) bond motifs is 3. The lowest BCUT2D eigenvalue weighted by Gasteiger charge is -2.07. The summed E-state index contributed by atoms with van der Waals surface area (Å²) in [6.07, 6.45) is 5.43. The molecule has 1 aliphatic carbocycles. The molecule has 1 aliphatic rings. The third-order valence-electron chi connectivity index (χ3n) is 5.53. The van der Waals surface area contributed by atoms with Crippen LogP contribution in [0.4, 0.5) is 9.52 Å². The van der Waals surface area contributed by atoms with Crippen LogP contribution in [0.5, 0.6) is 0 Å². The molecular formula is C22H27FN4O3S2. The molecule has 1 aromatic carbocycles. The normalized spacial score (nSPS) is 13.5. The molecule has 0 saturated carbocycles. The van der Waals surface area contributed by atoms with Crippen molar-refractivity contribution in [1.82, 2.24) is 14.9 Å². The molecule has 2 aromatic heterocycles. The number of sulfonamides is 1. The number of aryl methyl sites for hydroxylation is 4. The SMILES string of the molecule is Cc1noc(C)c1S(=O)(=O)NCCCCCNc1nc2c(s1)CCCc1ccc(F)cc1-2. The number of thiazole rings is 1. The van der Waals surface area contributed by atoms with Crippen LogP contribution < -0.4 is 10.0 Å². The molecule has 3 aromatic rings. The predicted molar refractivity (Wildman–Crippen MR) is 123 cm³/mol. The molecule has 4 rings (SSSR count).